The highest BCUT2D eigenvalue weighted by atomic mass is 16.5. The third-order valence-corrected chi connectivity index (χ3v) is 5.04. The third kappa shape index (κ3) is 3.85. The van der Waals surface area contributed by atoms with Crippen LogP contribution in [0.4, 0.5) is 17.5 Å². The largest absolute Gasteiger partial charge is 0.385 e. The summed E-state index contributed by atoms with van der Waals surface area (Å²) in [5, 5.41) is 3.43. The number of para-hydroxylation sites is 1. The van der Waals surface area contributed by atoms with Crippen LogP contribution in [0.1, 0.15) is 18.9 Å². The number of anilines is 3. The van der Waals surface area contributed by atoms with E-state index in [1.165, 1.54) is 11.3 Å². The zero-order chi connectivity index (χ0) is 19.3. The predicted molar refractivity (Wildman–Crippen MR) is 114 cm³/mol. The predicted octanol–water partition coefficient (Wildman–Crippen LogP) is 4.67. The van der Waals surface area contributed by atoms with Crippen LogP contribution in [0.2, 0.25) is 0 Å². The minimum absolute atomic E-state index is 0.324. The molecule has 0 amide bonds. The van der Waals surface area contributed by atoms with Gasteiger partial charge in [-0.15, -0.1) is 0 Å². The van der Waals surface area contributed by atoms with Crippen molar-refractivity contribution in [2.45, 2.75) is 25.8 Å². The monoisotopic (exact) mass is 374 g/mol. The van der Waals surface area contributed by atoms with E-state index >= 15 is 0 Å². The van der Waals surface area contributed by atoms with E-state index in [-0.39, 0.29) is 0 Å². The Labute approximate surface area is 166 Å². The first-order valence-corrected chi connectivity index (χ1v) is 9.80. The molecule has 1 atom stereocenters. The molecule has 1 aromatic heterocycles. The minimum atomic E-state index is 0.324. The molecule has 0 fully saturated rings. The van der Waals surface area contributed by atoms with Gasteiger partial charge in [-0.25, -0.2) is 4.98 Å². The van der Waals surface area contributed by atoms with Gasteiger partial charge in [0, 0.05) is 43.6 Å². The highest BCUT2D eigenvalue weighted by molar-refractivity contribution is 5.71. The van der Waals surface area contributed by atoms with Crippen LogP contribution in [-0.2, 0) is 11.2 Å². The Kier molecular flexibility index (Phi) is 5.53. The average Bonchev–Trinajstić information content (AvgIpc) is 3.07. The molecule has 4 rings (SSSR count). The van der Waals surface area contributed by atoms with Crippen molar-refractivity contribution in [3.63, 3.8) is 0 Å². The molecular weight excluding hydrogens is 348 g/mol. The molecule has 28 heavy (non-hydrogen) atoms. The molecule has 2 aromatic carbocycles. The Morgan fingerprint density at radius 1 is 1.07 bits per heavy atom. The SMILES string of the molecule is COCCCNc1cc(-c2ccccc2)nc(N2c3ccccc3CC2C)n1. The molecule has 0 saturated carbocycles. The van der Waals surface area contributed by atoms with Gasteiger partial charge in [-0.2, -0.15) is 4.98 Å². The first-order chi connectivity index (χ1) is 13.8. The lowest BCUT2D eigenvalue weighted by atomic mass is 10.1. The van der Waals surface area contributed by atoms with E-state index in [0.29, 0.717) is 6.04 Å². The van der Waals surface area contributed by atoms with Crippen molar-refractivity contribution in [1.82, 2.24) is 9.97 Å². The lowest BCUT2D eigenvalue weighted by Crippen LogP contribution is -2.26. The van der Waals surface area contributed by atoms with Gasteiger partial charge in [0.25, 0.3) is 0 Å². The molecule has 0 bridgehead atoms. The number of rotatable bonds is 7. The number of nitrogens with one attached hydrogen (secondary N) is 1. The van der Waals surface area contributed by atoms with E-state index in [2.05, 4.69) is 53.5 Å². The van der Waals surface area contributed by atoms with Crippen LogP contribution < -0.4 is 10.2 Å². The molecule has 5 nitrogen and oxygen atoms in total. The number of hydrogen-bond acceptors (Lipinski definition) is 5. The summed E-state index contributed by atoms with van der Waals surface area (Å²) >= 11 is 0. The van der Waals surface area contributed by atoms with Gasteiger partial charge in [-0.05, 0) is 31.4 Å². The van der Waals surface area contributed by atoms with Crippen LogP contribution in [0.15, 0.2) is 60.7 Å². The van der Waals surface area contributed by atoms with E-state index in [4.69, 9.17) is 14.7 Å². The number of benzene rings is 2. The van der Waals surface area contributed by atoms with Crippen molar-refractivity contribution in [1.29, 1.82) is 0 Å². The van der Waals surface area contributed by atoms with Gasteiger partial charge < -0.3 is 15.0 Å². The van der Waals surface area contributed by atoms with E-state index in [0.717, 1.165) is 49.0 Å². The highest BCUT2D eigenvalue weighted by Crippen LogP contribution is 2.37. The molecule has 0 spiro atoms. The Balaban J connectivity index is 1.72. The molecule has 0 radical (unpaired) electrons. The van der Waals surface area contributed by atoms with Gasteiger partial charge in [-0.1, -0.05) is 48.5 Å². The lowest BCUT2D eigenvalue weighted by molar-refractivity contribution is 0.198. The quantitative estimate of drug-likeness (QED) is 0.609. The summed E-state index contributed by atoms with van der Waals surface area (Å²) in [6, 6.07) is 21.1. The maximum atomic E-state index is 5.15. The fraction of sp³-hybridized carbons (Fsp3) is 0.304. The topological polar surface area (TPSA) is 50.3 Å². The smallest absolute Gasteiger partial charge is 0.232 e. The summed E-state index contributed by atoms with van der Waals surface area (Å²) in [5.74, 6) is 1.59. The van der Waals surface area contributed by atoms with Crippen molar-refractivity contribution in [2.24, 2.45) is 0 Å². The van der Waals surface area contributed by atoms with Gasteiger partial charge in [0.1, 0.15) is 5.82 Å². The summed E-state index contributed by atoms with van der Waals surface area (Å²) in [6.07, 6.45) is 1.94. The maximum absolute atomic E-state index is 5.15. The number of methoxy groups -OCH3 is 1. The Morgan fingerprint density at radius 3 is 2.68 bits per heavy atom. The number of ether oxygens (including phenoxy) is 1. The van der Waals surface area contributed by atoms with Crippen molar-refractivity contribution in [2.75, 3.05) is 30.5 Å². The number of hydrogen-bond donors (Lipinski definition) is 1. The van der Waals surface area contributed by atoms with Gasteiger partial charge in [-0.3, -0.25) is 0 Å². The molecule has 1 unspecified atom stereocenters. The fourth-order valence-electron chi connectivity index (χ4n) is 3.69. The molecule has 1 aliphatic rings. The Bertz CT molecular complexity index is 929. The summed E-state index contributed by atoms with van der Waals surface area (Å²) in [6.45, 7) is 3.77. The van der Waals surface area contributed by atoms with E-state index < -0.39 is 0 Å². The summed E-state index contributed by atoms with van der Waals surface area (Å²) in [7, 11) is 1.72. The normalized spacial score (nSPS) is 15.5. The van der Waals surface area contributed by atoms with Crippen molar-refractivity contribution in [3.05, 3.63) is 66.2 Å². The molecule has 5 heteroatoms. The van der Waals surface area contributed by atoms with Gasteiger partial charge in [0.15, 0.2) is 0 Å². The first-order valence-electron chi connectivity index (χ1n) is 9.80. The average molecular weight is 374 g/mol. The number of aromatic nitrogens is 2. The van der Waals surface area contributed by atoms with Crippen LogP contribution in [0.25, 0.3) is 11.3 Å². The standard InChI is InChI=1S/C23H26N4O/c1-17-15-19-11-6-7-12-21(19)27(17)23-25-20(18-9-4-3-5-10-18)16-22(26-23)24-13-8-14-28-2/h3-7,9-12,16-17H,8,13-15H2,1-2H3,(H,24,25,26). The van der Waals surface area contributed by atoms with Gasteiger partial charge in [0.05, 0.1) is 5.69 Å². The maximum Gasteiger partial charge on any atom is 0.232 e. The van der Waals surface area contributed by atoms with E-state index in [1.807, 2.05) is 24.3 Å². The van der Waals surface area contributed by atoms with Gasteiger partial charge >= 0.3 is 0 Å². The van der Waals surface area contributed by atoms with Crippen LogP contribution in [0.3, 0.4) is 0 Å². The molecule has 2 heterocycles. The zero-order valence-electron chi connectivity index (χ0n) is 16.4. The molecule has 1 N–H and O–H groups in total. The third-order valence-electron chi connectivity index (χ3n) is 5.04. The second kappa shape index (κ2) is 8.40. The Hall–Kier alpha value is -2.92. The zero-order valence-corrected chi connectivity index (χ0v) is 16.4. The molecule has 1 aliphatic heterocycles. The lowest BCUT2D eigenvalue weighted by Gasteiger charge is -2.24. The number of nitrogens with zero attached hydrogens (tertiary/aromatic N) is 3. The van der Waals surface area contributed by atoms with E-state index in [9.17, 15) is 0 Å². The second-order valence-electron chi connectivity index (χ2n) is 7.13. The van der Waals surface area contributed by atoms with Crippen LogP contribution in [-0.4, -0.2) is 36.3 Å². The highest BCUT2D eigenvalue weighted by Gasteiger charge is 2.29. The molecule has 3 aromatic rings. The van der Waals surface area contributed by atoms with Crippen LogP contribution >= 0.6 is 0 Å². The minimum Gasteiger partial charge on any atom is -0.385 e. The summed E-state index contributed by atoms with van der Waals surface area (Å²) in [5.41, 5.74) is 4.56. The molecule has 0 aliphatic carbocycles. The van der Waals surface area contributed by atoms with Crippen molar-refractivity contribution >= 4 is 17.5 Å². The molecule has 144 valence electrons. The Morgan fingerprint density at radius 2 is 1.86 bits per heavy atom. The summed E-state index contributed by atoms with van der Waals surface area (Å²) in [4.78, 5) is 12.0. The number of fused-ring (bicyclic) bond motifs is 1. The van der Waals surface area contributed by atoms with E-state index in [1.54, 1.807) is 7.11 Å². The van der Waals surface area contributed by atoms with Gasteiger partial charge in [0.2, 0.25) is 5.95 Å². The fourth-order valence-corrected chi connectivity index (χ4v) is 3.69. The molecular formula is C23H26N4O. The van der Waals surface area contributed by atoms with Crippen molar-refractivity contribution in [3.8, 4) is 11.3 Å². The van der Waals surface area contributed by atoms with Crippen LogP contribution in [0, 0.1) is 0 Å². The van der Waals surface area contributed by atoms with Crippen LogP contribution in [0.5, 0.6) is 0 Å². The first kappa shape index (κ1) is 18.4. The summed E-state index contributed by atoms with van der Waals surface area (Å²) < 4.78 is 5.15. The molecule has 0 saturated heterocycles. The van der Waals surface area contributed by atoms with Crippen molar-refractivity contribution < 1.29 is 4.74 Å². The second-order valence-corrected chi connectivity index (χ2v) is 7.13.